The number of benzene rings is 1. The number of unbranched alkanes of at least 4 members (excludes halogenated alkanes) is 9. The molecule has 0 unspecified atom stereocenters. The molecule has 0 fully saturated rings. The third-order valence-electron chi connectivity index (χ3n) is 5.09. The minimum absolute atomic E-state index is 0.00257. The van der Waals surface area contributed by atoms with Crippen LogP contribution in [-0.4, -0.2) is 16.0 Å². The summed E-state index contributed by atoms with van der Waals surface area (Å²) in [6, 6.07) is 1.89. The van der Waals surface area contributed by atoms with Gasteiger partial charge in [-0.2, -0.15) is 0 Å². The van der Waals surface area contributed by atoms with E-state index in [1.165, 1.54) is 81.3 Å². The van der Waals surface area contributed by atoms with Crippen LogP contribution >= 0.6 is 35.3 Å². The van der Waals surface area contributed by atoms with Crippen molar-refractivity contribution < 1.29 is 10.2 Å². The van der Waals surface area contributed by atoms with Crippen molar-refractivity contribution in [2.75, 3.05) is 5.75 Å². The Hall–Kier alpha value is -1.41. The topological polar surface area (TPSA) is 68.6 Å². The molecule has 2 rings (SSSR count). The van der Waals surface area contributed by atoms with Gasteiger partial charge >= 0.3 is 0 Å². The Morgan fingerprint density at radius 1 is 0.967 bits per heavy atom. The van der Waals surface area contributed by atoms with Crippen molar-refractivity contribution in [2.45, 2.75) is 92.7 Å². The van der Waals surface area contributed by atoms with Gasteiger partial charge in [-0.3, -0.25) is 0 Å². The van der Waals surface area contributed by atoms with Crippen molar-refractivity contribution in [1.29, 1.82) is 5.26 Å². The van der Waals surface area contributed by atoms with Gasteiger partial charge in [0.15, 0.2) is 0 Å². The van der Waals surface area contributed by atoms with Crippen LogP contribution in [0.3, 0.4) is 0 Å². The molecule has 1 aliphatic heterocycles. The lowest BCUT2D eigenvalue weighted by molar-refractivity contribution is 0.420. The Labute approximate surface area is 193 Å². The molecule has 162 valence electrons. The Morgan fingerprint density at radius 2 is 1.50 bits per heavy atom. The third kappa shape index (κ3) is 6.54. The van der Waals surface area contributed by atoms with Crippen molar-refractivity contribution in [2.24, 2.45) is 0 Å². The van der Waals surface area contributed by atoms with Crippen LogP contribution in [0.2, 0.25) is 0 Å². The molecule has 1 aromatic carbocycles. The first kappa shape index (κ1) is 24.9. The molecule has 0 aliphatic carbocycles. The van der Waals surface area contributed by atoms with E-state index in [2.05, 4.69) is 11.8 Å². The summed E-state index contributed by atoms with van der Waals surface area (Å²) in [4.78, 5) is 5.05. The van der Waals surface area contributed by atoms with Gasteiger partial charge in [0.25, 0.3) is 5.70 Å². The van der Waals surface area contributed by atoms with Crippen molar-refractivity contribution in [3.63, 3.8) is 0 Å². The van der Waals surface area contributed by atoms with Crippen LogP contribution in [0.1, 0.15) is 76.7 Å². The normalized spacial score (nSPS) is 14.3. The van der Waals surface area contributed by atoms with Crippen molar-refractivity contribution in [3.05, 3.63) is 26.9 Å². The van der Waals surface area contributed by atoms with Crippen LogP contribution in [0.15, 0.2) is 24.6 Å². The predicted molar refractivity (Wildman–Crippen MR) is 128 cm³/mol. The van der Waals surface area contributed by atoms with Crippen LogP contribution in [0.4, 0.5) is 0 Å². The summed E-state index contributed by atoms with van der Waals surface area (Å²) < 4.78 is 0.518. The molecule has 2 N–H and O–H groups in total. The van der Waals surface area contributed by atoms with E-state index in [1.807, 2.05) is 13.0 Å². The highest BCUT2D eigenvalue weighted by atomic mass is 32.2. The van der Waals surface area contributed by atoms with Gasteiger partial charge in [0.05, 0.1) is 31.6 Å². The fourth-order valence-electron chi connectivity index (χ4n) is 3.32. The molecule has 0 amide bonds. The maximum atomic E-state index is 10.8. The van der Waals surface area contributed by atoms with Gasteiger partial charge in [-0.05, 0) is 19.1 Å². The molecule has 1 aromatic rings. The van der Waals surface area contributed by atoms with Gasteiger partial charge in [-0.1, -0.05) is 88.2 Å². The lowest BCUT2D eigenvalue weighted by Crippen LogP contribution is -1.89. The van der Waals surface area contributed by atoms with Crippen LogP contribution < -0.4 is 0 Å². The van der Waals surface area contributed by atoms with Crippen LogP contribution in [-0.2, 0) is 0 Å². The molecule has 1 aliphatic rings. The highest BCUT2D eigenvalue weighted by Crippen LogP contribution is 2.61. The Kier molecular flexibility index (Phi) is 10.9. The maximum Gasteiger partial charge on any atom is 0.282 e. The van der Waals surface area contributed by atoms with Crippen molar-refractivity contribution in [3.8, 4) is 17.6 Å². The molecule has 7 heteroatoms. The summed E-state index contributed by atoms with van der Waals surface area (Å²) >= 11 is 3.97. The fraction of sp³-hybridized carbons (Fsp3) is 0.565. The second-order valence-corrected chi connectivity index (χ2v) is 10.8. The van der Waals surface area contributed by atoms with Gasteiger partial charge < -0.3 is 10.2 Å². The summed E-state index contributed by atoms with van der Waals surface area (Å²) in [6.45, 7) is 11.2. The molecule has 0 aromatic heterocycles. The number of phenols is 2. The van der Waals surface area contributed by atoms with E-state index in [0.29, 0.717) is 24.5 Å². The largest absolute Gasteiger partial charge is 0.506 e. The molecular weight excluding hydrogens is 432 g/mol. The average Bonchev–Trinajstić information content (AvgIpc) is 3.19. The van der Waals surface area contributed by atoms with Gasteiger partial charge in [0, 0.05) is 5.56 Å². The number of allylic oxidation sites excluding steroid dienone is 1. The number of nitrogens with zero attached hydrogens (tertiary/aromatic N) is 2. The number of phenolic OH excluding ortho intramolecular Hbond substituents is 2. The van der Waals surface area contributed by atoms with E-state index < -0.39 is 0 Å². The SMILES string of the molecule is [C-]#[N+]/C(C#N)=C1/Sc2c(O)c(C)c(SCCCCCCCCCCCC)c(O)c2S1. The van der Waals surface area contributed by atoms with E-state index in [0.717, 1.165) is 12.2 Å². The summed E-state index contributed by atoms with van der Waals surface area (Å²) in [5.74, 6) is 1.20. The van der Waals surface area contributed by atoms with Crippen LogP contribution in [0, 0.1) is 24.8 Å². The van der Waals surface area contributed by atoms with Crippen molar-refractivity contribution >= 4 is 35.3 Å². The van der Waals surface area contributed by atoms with E-state index in [4.69, 9.17) is 11.8 Å². The van der Waals surface area contributed by atoms with Crippen LogP contribution in [0.5, 0.6) is 11.5 Å². The van der Waals surface area contributed by atoms with Crippen molar-refractivity contribution in [1.82, 2.24) is 0 Å². The quantitative estimate of drug-likeness (QED) is 0.107. The standard InChI is InChI=1S/C23H30N2O2S3/c1-4-5-6-7-8-9-10-11-12-13-14-28-20-16(2)18(26)21-22(19(20)27)30-23(29-21)17(15-24)25-3/h26-27H,4-14H2,1-2H3/b23-17-. The highest BCUT2D eigenvalue weighted by molar-refractivity contribution is 8.24. The Balaban J connectivity index is 1.84. The van der Waals surface area contributed by atoms with E-state index in [1.54, 1.807) is 11.8 Å². The zero-order valence-electron chi connectivity index (χ0n) is 17.8. The van der Waals surface area contributed by atoms with Crippen LogP contribution in [0.25, 0.3) is 4.85 Å². The molecule has 1 heterocycles. The second-order valence-electron chi connectivity index (χ2n) is 7.40. The maximum absolute atomic E-state index is 10.8. The Morgan fingerprint density at radius 3 is 2.03 bits per heavy atom. The summed E-state index contributed by atoms with van der Waals surface area (Å²) in [6.07, 6.45) is 12.9. The highest BCUT2D eigenvalue weighted by Gasteiger charge is 2.30. The fourth-order valence-corrected chi connectivity index (χ4v) is 6.98. The molecule has 0 atom stereocenters. The van der Waals surface area contributed by atoms with Gasteiger partial charge in [-0.25, -0.2) is 10.1 Å². The van der Waals surface area contributed by atoms with Gasteiger partial charge in [0.2, 0.25) is 0 Å². The summed E-state index contributed by atoms with van der Waals surface area (Å²) in [5, 5.41) is 30.5. The average molecular weight is 463 g/mol. The minimum atomic E-state index is -0.00257. The number of thioether (sulfide) groups is 3. The molecule has 0 bridgehead atoms. The smallest absolute Gasteiger partial charge is 0.282 e. The molecule has 0 saturated heterocycles. The van der Waals surface area contributed by atoms with E-state index in [-0.39, 0.29) is 17.2 Å². The molecule has 0 spiro atoms. The first-order valence-corrected chi connectivity index (χ1v) is 13.3. The molecular formula is C23H30N2O2S3. The first-order chi connectivity index (χ1) is 14.5. The molecule has 0 radical (unpaired) electrons. The van der Waals surface area contributed by atoms with E-state index in [9.17, 15) is 10.2 Å². The second kappa shape index (κ2) is 13.1. The lowest BCUT2D eigenvalue weighted by atomic mass is 10.1. The predicted octanol–water partition coefficient (Wildman–Crippen LogP) is 8.23. The van der Waals surface area contributed by atoms with Gasteiger partial charge in [0.1, 0.15) is 11.5 Å². The number of hydrogen-bond acceptors (Lipinski definition) is 6. The number of rotatable bonds is 12. The number of nitriles is 1. The minimum Gasteiger partial charge on any atom is -0.506 e. The lowest BCUT2D eigenvalue weighted by Gasteiger charge is -2.14. The zero-order valence-corrected chi connectivity index (χ0v) is 20.2. The number of aromatic hydroxyl groups is 2. The third-order valence-corrected chi connectivity index (χ3v) is 8.96. The summed E-state index contributed by atoms with van der Waals surface area (Å²) in [7, 11) is 0. The summed E-state index contributed by atoms with van der Waals surface area (Å²) in [5.41, 5.74) is 0.663. The molecule has 30 heavy (non-hydrogen) atoms. The zero-order chi connectivity index (χ0) is 21.9. The first-order valence-electron chi connectivity index (χ1n) is 10.6. The number of hydrogen-bond donors (Lipinski definition) is 2. The molecule has 0 saturated carbocycles. The molecule has 4 nitrogen and oxygen atoms in total. The Bertz CT molecular complexity index is 838. The number of fused-ring (bicyclic) bond motifs is 1. The van der Waals surface area contributed by atoms with E-state index >= 15 is 0 Å². The monoisotopic (exact) mass is 462 g/mol. The van der Waals surface area contributed by atoms with Gasteiger partial charge in [-0.15, -0.1) is 11.8 Å².